The molecule has 2 bridgehead atoms. The minimum atomic E-state index is -0.912. The SMILES string of the molecule is C#Cc1c(F)ccc2cc(O)cc(-c3ncc4c(N5CC6CCC(C5)N6)nc(OC[C@@]56C[C@@H](F)CN5CC5(CC5)C6)nc4c3F)c12. The van der Waals surface area contributed by atoms with Gasteiger partial charge in [0.1, 0.15) is 41.4 Å². The summed E-state index contributed by atoms with van der Waals surface area (Å²) in [4.78, 5) is 18.3. The van der Waals surface area contributed by atoms with Crippen molar-refractivity contribution in [1.82, 2.24) is 25.2 Å². The summed E-state index contributed by atoms with van der Waals surface area (Å²) in [5, 5.41) is 15.3. The Bertz CT molecular complexity index is 1970. The maximum atomic E-state index is 16.8. The molecule has 5 fully saturated rings. The zero-order chi connectivity index (χ0) is 31.4. The van der Waals surface area contributed by atoms with Gasteiger partial charge in [-0.2, -0.15) is 9.97 Å². The predicted octanol–water partition coefficient (Wildman–Crippen LogP) is 5.10. The Balaban J connectivity index is 1.18. The lowest BCUT2D eigenvalue weighted by Gasteiger charge is -2.34. The summed E-state index contributed by atoms with van der Waals surface area (Å²) in [5.41, 5.74) is -0.194. The molecule has 4 saturated heterocycles. The van der Waals surface area contributed by atoms with Gasteiger partial charge >= 0.3 is 6.01 Å². The van der Waals surface area contributed by atoms with Crippen molar-refractivity contribution in [1.29, 1.82) is 0 Å². The van der Waals surface area contributed by atoms with Gasteiger partial charge in [0.05, 0.1) is 16.5 Å². The van der Waals surface area contributed by atoms with Gasteiger partial charge in [-0.25, -0.2) is 13.2 Å². The first-order valence-corrected chi connectivity index (χ1v) is 16.0. The molecule has 4 aliphatic heterocycles. The Morgan fingerprint density at radius 3 is 2.67 bits per heavy atom. The van der Waals surface area contributed by atoms with Crippen LogP contribution < -0.4 is 15.0 Å². The van der Waals surface area contributed by atoms with Crippen LogP contribution in [-0.4, -0.2) is 81.5 Å². The van der Waals surface area contributed by atoms with Gasteiger partial charge in [-0.15, -0.1) is 6.42 Å². The second kappa shape index (κ2) is 9.93. The number of alkyl halides is 1. The molecule has 46 heavy (non-hydrogen) atoms. The predicted molar refractivity (Wildman–Crippen MR) is 168 cm³/mol. The zero-order valence-electron chi connectivity index (χ0n) is 25.2. The fourth-order valence-corrected chi connectivity index (χ4v) is 8.76. The number of halogens is 3. The highest BCUT2D eigenvalue weighted by Crippen LogP contribution is 2.60. The number of hydrogen-bond acceptors (Lipinski definition) is 8. The quantitative estimate of drug-likeness (QED) is 0.296. The van der Waals surface area contributed by atoms with Crippen LogP contribution in [0.25, 0.3) is 32.9 Å². The molecule has 236 valence electrons. The molecule has 5 aliphatic rings. The van der Waals surface area contributed by atoms with E-state index in [1.807, 2.05) is 0 Å². The van der Waals surface area contributed by atoms with Crippen molar-refractivity contribution >= 4 is 27.5 Å². The van der Waals surface area contributed by atoms with Crippen LogP contribution in [0.3, 0.4) is 0 Å². The molecule has 1 saturated carbocycles. The Kier molecular flexibility index (Phi) is 6.07. The molecule has 4 atom stereocenters. The third kappa shape index (κ3) is 4.33. The van der Waals surface area contributed by atoms with E-state index in [-0.39, 0.29) is 51.5 Å². The smallest absolute Gasteiger partial charge is 0.319 e. The highest BCUT2D eigenvalue weighted by Gasteiger charge is 2.62. The summed E-state index contributed by atoms with van der Waals surface area (Å²) in [7, 11) is 0. The van der Waals surface area contributed by atoms with Crippen LogP contribution in [0.1, 0.15) is 44.1 Å². The minimum Gasteiger partial charge on any atom is -0.508 e. The molecule has 11 heteroatoms. The molecular weight excluding hydrogens is 593 g/mol. The molecule has 0 radical (unpaired) electrons. The number of nitrogens with one attached hydrogen (secondary N) is 1. The monoisotopic (exact) mass is 626 g/mol. The first-order chi connectivity index (χ1) is 22.2. The lowest BCUT2D eigenvalue weighted by molar-refractivity contribution is 0.107. The van der Waals surface area contributed by atoms with Crippen LogP contribution >= 0.6 is 0 Å². The van der Waals surface area contributed by atoms with Crippen LogP contribution in [0.15, 0.2) is 30.5 Å². The lowest BCUT2D eigenvalue weighted by atomic mass is 9.89. The van der Waals surface area contributed by atoms with Crippen molar-refractivity contribution in [3.05, 3.63) is 47.7 Å². The summed E-state index contributed by atoms with van der Waals surface area (Å²) in [5.74, 6) is 1.38. The van der Waals surface area contributed by atoms with Crippen LogP contribution in [0.2, 0.25) is 0 Å². The van der Waals surface area contributed by atoms with Gasteiger partial charge in [0.15, 0.2) is 5.82 Å². The number of aromatic nitrogens is 3. The van der Waals surface area contributed by atoms with Gasteiger partial charge in [0.25, 0.3) is 0 Å². The summed E-state index contributed by atoms with van der Waals surface area (Å²) in [6.45, 7) is 2.88. The second-order valence-corrected chi connectivity index (χ2v) is 14.1. The van der Waals surface area contributed by atoms with E-state index >= 15 is 4.39 Å². The van der Waals surface area contributed by atoms with E-state index in [1.165, 1.54) is 30.5 Å². The average molecular weight is 627 g/mol. The van der Waals surface area contributed by atoms with Gasteiger partial charge in [-0.3, -0.25) is 9.88 Å². The molecule has 2 aromatic heterocycles. The highest BCUT2D eigenvalue weighted by atomic mass is 19.1. The number of terminal acetylenes is 1. The van der Waals surface area contributed by atoms with Crippen molar-refractivity contribution in [2.24, 2.45) is 5.41 Å². The van der Waals surface area contributed by atoms with E-state index in [4.69, 9.17) is 16.1 Å². The summed E-state index contributed by atoms with van der Waals surface area (Å²) in [6.07, 6.45) is 12.0. The van der Waals surface area contributed by atoms with E-state index in [0.29, 0.717) is 54.7 Å². The number of fused-ring (bicyclic) bond motifs is 5. The van der Waals surface area contributed by atoms with Crippen molar-refractivity contribution in [3.63, 3.8) is 0 Å². The first kappa shape index (κ1) is 28.1. The summed E-state index contributed by atoms with van der Waals surface area (Å²) >= 11 is 0. The number of nitrogens with zero attached hydrogens (tertiary/aromatic N) is 5. The number of ether oxygens (including phenoxy) is 1. The Hall–Kier alpha value is -4.14. The Morgan fingerprint density at radius 1 is 1.11 bits per heavy atom. The topological polar surface area (TPSA) is 86.6 Å². The zero-order valence-corrected chi connectivity index (χ0v) is 25.2. The van der Waals surface area contributed by atoms with E-state index in [9.17, 15) is 13.9 Å². The average Bonchev–Trinajstić information content (AvgIpc) is 3.48. The van der Waals surface area contributed by atoms with Gasteiger partial charge in [0.2, 0.25) is 0 Å². The fraction of sp³-hybridized carbons (Fsp3) is 0.457. The number of phenolic OH excluding ortho intramolecular Hbond substituents is 1. The van der Waals surface area contributed by atoms with Crippen molar-refractivity contribution in [2.45, 2.75) is 62.3 Å². The molecule has 4 aromatic rings. The molecule has 8 nitrogen and oxygen atoms in total. The van der Waals surface area contributed by atoms with Crippen LogP contribution in [0.4, 0.5) is 19.0 Å². The van der Waals surface area contributed by atoms with Gasteiger partial charge in [0, 0.05) is 61.8 Å². The van der Waals surface area contributed by atoms with E-state index in [0.717, 1.165) is 38.6 Å². The molecule has 2 aromatic carbocycles. The second-order valence-electron chi connectivity index (χ2n) is 14.1. The molecule has 2 unspecified atom stereocenters. The third-order valence-corrected chi connectivity index (χ3v) is 11.0. The number of aromatic hydroxyl groups is 1. The van der Waals surface area contributed by atoms with E-state index in [1.54, 1.807) is 0 Å². The largest absolute Gasteiger partial charge is 0.508 e. The molecule has 1 aliphatic carbocycles. The number of pyridine rings is 1. The van der Waals surface area contributed by atoms with Crippen LogP contribution in [0.5, 0.6) is 11.8 Å². The Morgan fingerprint density at radius 2 is 1.91 bits per heavy atom. The molecule has 1 spiro atoms. The van der Waals surface area contributed by atoms with Crippen molar-refractivity contribution in [2.75, 3.05) is 37.7 Å². The fourth-order valence-electron chi connectivity index (χ4n) is 8.76. The van der Waals surface area contributed by atoms with Crippen molar-refractivity contribution < 1.29 is 23.0 Å². The van der Waals surface area contributed by atoms with Gasteiger partial charge < -0.3 is 20.1 Å². The maximum absolute atomic E-state index is 16.8. The number of benzene rings is 2. The lowest BCUT2D eigenvalue weighted by Crippen LogP contribution is -2.51. The minimum absolute atomic E-state index is 0.000245. The molecular formula is C35H33F3N6O2. The molecule has 9 rings (SSSR count). The summed E-state index contributed by atoms with van der Waals surface area (Å²) < 4.78 is 52.7. The van der Waals surface area contributed by atoms with E-state index < -0.39 is 23.3 Å². The molecule has 6 heterocycles. The van der Waals surface area contributed by atoms with Crippen LogP contribution in [0, 0.1) is 29.4 Å². The van der Waals surface area contributed by atoms with E-state index in [2.05, 4.69) is 31.0 Å². The molecule has 2 N–H and O–H groups in total. The number of anilines is 1. The number of phenols is 1. The number of rotatable bonds is 5. The van der Waals surface area contributed by atoms with Gasteiger partial charge in [-0.1, -0.05) is 12.0 Å². The number of piperazine rings is 1. The number of hydrogen-bond donors (Lipinski definition) is 2. The summed E-state index contributed by atoms with van der Waals surface area (Å²) in [6, 6.07) is 6.10. The third-order valence-electron chi connectivity index (χ3n) is 11.0. The molecule has 0 amide bonds. The maximum Gasteiger partial charge on any atom is 0.319 e. The standard InChI is InChI=1S/C35H33F3N6O2/c1-2-24-27(37)6-3-19-9-23(45)10-25(28(19)24)30-29(38)31-26(12-39-30)32(43-14-21-4-5-22(15-43)40-21)42-33(41-31)46-18-35-11-20(36)13-44(35)17-34(16-35)7-8-34/h1,3,6,9-10,12,20-22,40,45H,4-5,7-8,11,13-18H2/t20-,21?,22?,35+/m1/s1. The first-order valence-electron chi connectivity index (χ1n) is 16.0. The normalized spacial score (nSPS) is 27.9. The Labute approximate surface area is 264 Å². The highest BCUT2D eigenvalue weighted by molar-refractivity contribution is 6.03. The van der Waals surface area contributed by atoms with Crippen LogP contribution in [-0.2, 0) is 0 Å². The van der Waals surface area contributed by atoms with Crippen molar-refractivity contribution in [3.8, 4) is 35.4 Å². The van der Waals surface area contributed by atoms with Gasteiger partial charge in [-0.05, 0) is 61.1 Å².